The molecule has 0 amide bonds. The first-order valence-corrected chi connectivity index (χ1v) is 8.67. The van der Waals surface area contributed by atoms with Crippen molar-refractivity contribution in [2.75, 3.05) is 6.26 Å². The van der Waals surface area contributed by atoms with Crippen molar-refractivity contribution in [1.82, 2.24) is 15.2 Å². The number of oxazole rings is 1. The van der Waals surface area contributed by atoms with E-state index in [0.29, 0.717) is 22.8 Å². The maximum absolute atomic E-state index is 5.50. The van der Waals surface area contributed by atoms with E-state index in [2.05, 4.69) is 15.2 Å². The van der Waals surface area contributed by atoms with Gasteiger partial charge in [-0.25, -0.2) is 4.98 Å². The Labute approximate surface area is 130 Å². The molecule has 2 aromatic heterocycles. The lowest BCUT2D eigenvalue weighted by molar-refractivity contribution is 0.426. The Hall–Kier alpha value is -1.73. The Kier molecular flexibility index (Phi) is 4.62. The Morgan fingerprint density at radius 2 is 1.95 bits per heavy atom. The molecule has 108 valence electrons. The van der Waals surface area contributed by atoms with E-state index in [4.69, 9.17) is 8.83 Å². The highest BCUT2D eigenvalue weighted by atomic mass is 32.2. The summed E-state index contributed by atoms with van der Waals surface area (Å²) in [4.78, 5) is 4.46. The van der Waals surface area contributed by atoms with Crippen molar-refractivity contribution in [3.05, 3.63) is 48.2 Å². The molecule has 2 heterocycles. The number of hydrogen-bond acceptors (Lipinski definition) is 7. The highest BCUT2D eigenvalue weighted by Crippen LogP contribution is 2.24. The molecule has 0 atom stereocenters. The molecule has 0 saturated carbocycles. The second kappa shape index (κ2) is 6.82. The third-order valence-electron chi connectivity index (χ3n) is 2.63. The van der Waals surface area contributed by atoms with Gasteiger partial charge in [-0.2, -0.15) is 11.8 Å². The molecule has 0 unspecified atom stereocenters. The van der Waals surface area contributed by atoms with Gasteiger partial charge in [-0.1, -0.05) is 30.0 Å². The van der Waals surface area contributed by atoms with Gasteiger partial charge in [0.15, 0.2) is 0 Å². The monoisotopic (exact) mass is 319 g/mol. The fourth-order valence-electron chi connectivity index (χ4n) is 1.70. The molecule has 0 spiro atoms. The highest BCUT2D eigenvalue weighted by molar-refractivity contribution is 7.98. The van der Waals surface area contributed by atoms with Crippen molar-refractivity contribution >= 4 is 23.5 Å². The zero-order valence-corrected chi connectivity index (χ0v) is 13.0. The van der Waals surface area contributed by atoms with Crippen LogP contribution in [0.1, 0.15) is 11.6 Å². The van der Waals surface area contributed by atoms with E-state index in [9.17, 15) is 0 Å². The Balaban J connectivity index is 1.62. The van der Waals surface area contributed by atoms with E-state index < -0.39 is 0 Å². The minimum atomic E-state index is 0.559. The van der Waals surface area contributed by atoms with Crippen LogP contribution >= 0.6 is 23.5 Å². The summed E-state index contributed by atoms with van der Waals surface area (Å²) in [6.07, 6.45) is 3.66. The summed E-state index contributed by atoms with van der Waals surface area (Å²) in [5, 5.41) is 8.52. The van der Waals surface area contributed by atoms with Crippen molar-refractivity contribution < 1.29 is 8.83 Å². The Morgan fingerprint density at radius 3 is 2.76 bits per heavy atom. The third kappa shape index (κ3) is 3.68. The number of nitrogens with zero attached hydrogens (tertiary/aromatic N) is 3. The predicted molar refractivity (Wildman–Crippen MR) is 83.0 cm³/mol. The van der Waals surface area contributed by atoms with Crippen molar-refractivity contribution in [2.24, 2.45) is 0 Å². The average molecular weight is 319 g/mol. The Morgan fingerprint density at radius 1 is 1.10 bits per heavy atom. The molecule has 0 aliphatic carbocycles. The predicted octanol–water partition coefficient (Wildman–Crippen LogP) is 3.88. The molecule has 0 bridgehead atoms. The van der Waals surface area contributed by atoms with Gasteiger partial charge in [0.2, 0.25) is 11.8 Å². The molecule has 5 nitrogen and oxygen atoms in total. The quantitative estimate of drug-likeness (QED) is 0.639. The molecule has 3 aromatic rings. The number of thioether (sulfide) groups is 2. The molecular formula is C14H13N3O2S2. The first-order chi connectivity index (χ1) is 10.3. The standard InChI is InChI=1S/C14H13N3O2S2/c1-20-9-12-16-17-14(19-12)21-8-11-7-18-13(15-11)10-5-3-2-4-6-10/h2-7H,8-9H2,1H3. The van der Waals surface area contributed by atoms with Crippen molar-refractivity contribution in [1.29, 1.82) is 0 Å². The first-order valence-electron chi connectivity index (χ1n) is 6.29. The van der Waals surface area contributed by atoms with Crippen LogP contribution in [0.5, 0.6) is 0 Å². The molecule has 0 aliphatic heterocycles. The fourth-order valence-corrected chi connectivity index (χ4v) is 2.72. The third-order valence-corrected chi connectivity index (χ3v) is 4.02. The van der Waals surface area contributed by atoms with Crippen molar-refractivity contribution in [2.45, 2.75) is 16.7 Å². The first kappa shape index (κ1) is 14.2. The molecular weight excluding hydrogens is 306 g/mol. The largest absolute Gasteiger partial charge is 0.444 e. The number of hydrogen-bond donors (Lipinski definition) is 0. The van der Waals surface area contributed by atoms with Gasteiger partial charge in [0.05, 0.1) is 11.4 Å². The molecule has 0 radical (unpaired) electrons. The van der Waals surface area contributed by atoms with Crippen LogP contribution in [-0.4, -0.2) is 21.4 Å². The van der Waals surface area contributed by atoms with Gasteiger partial charge in [0, 0.05) is 11.3 Å². The molecule has 0 aliphatic rings. The van der Waals surface area contributed by atoms with E-state index in [1.165, 1.54) is 11.8 Å². The molecule has 21 heavy (non-hydrogen) atoms. The summed E-state index contributed by atoms with van der Waals surface area (Å²) < 4.78 is 11.0. The minimum Gasteiger partial charge on any atom is -0.444 e. The van der Waals surface area contributed by atoms with E-state index >= 15 is 0 Å². The van der Waals surface area contributed by atoms with Gasteiger partial charge >= 0.3 is 0 Å². The molecule has 7 heteroatoms. The lowest BCUT2D eigenvalue weighted by Gasteiger charge is -1.93. The number of benzene rings is 1. The average Bonchev–Trinajstić information content (AvgIpc) is 3.16. The topological polar surface area (TPSA) is 65.0 Å². The molecule has 0 saturated heterocycles. The normalized spacial score (nSPS) is 10.9. The lowest BCUT2D eigenvalue weighted by Crippen LogP contribution is -1.82. The molecule has 1 aromatic carbocycles. The summed E-state index contributed by atoms with van der Waals surface area (Å²) in [5.41, 5.74) is 1.82. The number of rotatable bonds is 6. The summed E-state index contributed by atoms with van der Waals surface area (Å²) >= 11 is 3.11. The van der Waals surface area contributed by atoms with Crippen LogP contribution in [0.3, 0.4) is 0 Å². The Bertz CT molecular complexity index is 697. The van der Waals surface area contributed by atoms with Gasteiger partial charge in [0.25, 0.3) is 5.22 Å². The van der Waals surface area contributed by atoms with E-state index in [1.807, 2.05) is 36.6 Å². The van der Waals surface area contributed by atoms with Crippen LogP contribution in [0.15, 0.2) is 50.7 Å². The second-order valence-electron chi connectivity index (χ2n) is 4.19. The van der Waals surface area contributed by atoms with Crippen LogP contribution in [0.4, 0.5) is 0 Å². The summed E-state index contributed by atoms with van der Waals surface area (Å²) in [6, 6.07) is 9.81. The van der Waals surface area contributed by atoms with Crippen LogP contribution in [0, 0.1) is 0 Å². The van der Waals surface area contributed by atoms with Gasteiger partial charge in [0.1, 0.15) is 6.26 Å². The van der Waals surface area contributed by atoms with Crippen molar-refractivity contribution in [3.8, 4) is 11.5 Å². The molecule has 0 fully saturated rings. The van der Waals surface area contributed by atoms with Crippen LogP contribution in [0.2, 0.25) is 0 Å². The van der Waals surface area contributed by atoms with Crippen molar-refractivity contribution in [3.63, 3.8) is 0 Å². The van der Waals surface area contributed by atoms with E-state index in [0.717, 1.165) is 17.0 Å². The maximum atomic E-state index is 5.50. The molecule has 3 rings (SSSR count). The van der Waals surface area contributed by atoms with Gasteiger partial charge < -0.3 is 8.83 Å². The zero-order valence-electron chi connectivity index (χ0n) is 11.4. The minimum absolute atomic E-state index is 0.559. The SMILES string of the molecule is CSCc1nnc(SCc2coc(-c3ccccc3)n2)o1. The van der Waals surface area contributed by atoms with Crippen LogP contribution in [0.25, 0.3) is 11.5 Å². The van der Waals surface area contributed by atoms with Gasteiger partial charge in [-0.15, -0.1) is 10.2 Å². The second-order valence-corrected chi connectivity index (χ2v) is 5.99. The number of aromatic nitrogens is 3. The van der Waals surface area contributed by atoms with Crippen LogP contribution in [-0.2, 0) is 11.5 Å². The zero-order chi connectivity index (χ0) is 14.5. The smallest absolute Gasteiger partial charge is 0.276 e. The fraction of sp³-hybridized carbons (Fsp3) is 0.214. The summed E-state index contributed by atoms with van der Waals surface area (Å²) in [7, 11) is 0. The van der Waals surface area contributed by atoms with E-state index in [1.54, 1.807) is 18.0 Å². The van der Waals surface area contributed by atoms with Crippen LogP contribution < -0.4 is 0 Å². The molecule has 0 N–H and O–H groups in total. The highest BCUT2D eigenvalue weighted by Gasteiger charge is 2.10. The van der Waals surface area contributed by atoms with Gasteiger partial charge in [-0.3, -0.25) is 0 Å². The summed E-state index contributed by atoms with van der Waals surface area (Å²) in [5.74, 6) is 2.64. The maximum Gasteiger partial charge on any atom is 0.276 e. The lowest BCUT2D eigenvalue weighted by atomic mass is 10.2. The van der Waals surface area contributed by atoms with E-state index in [-0.39, 0.29) is 0 Å². The summed E-state index contributed by atoms with van der Waals surface area (Å²) in [6.45, 7) is 0. The van der Waals surface area contributed by atoms with Gasteiger partial charge in [-0.05, 0) is 18.4 Å².